The number of carbonyl (C=O) groups excluding carboxylic acids is 1. The van der Waals surface area contributed by atoms with Crippen molar-refractivity contribution in [2.24, 2.45) is 11.8 Å². The molecule has 0 saturated heterocycles. The molecule has 1 fully saturated rings. The number of aromatic nitrogens is 3. The van der Waals surface area contributed by atoms with Gasteiger partial charge in [-0.05, 0) is 18.8 Å². The molecule has 100 valence electrons. The van der Waals surface area contributed by atoms with Gasteiger partial charge < -0.3 is 0 Å². The van der Waals surface area contributed by atoms with Crippen molar-refractivity contribution in [2.45, 2.75) is 43.1 Å². The van der Waals surface area contributed by atoms with Crippen LogP contribution in [-0.2, 0) is 4.79 Å². The summed E-state index contributed by atoms with van der Waals surface area (Å²) >= 11 is 1.27. The molecule has 1 atom stereocenters. The first-order valence-electron chi connectivity index (χ1n) is 5.88. The van der Waals surface area contributed by atoms with E-state index in [0.29, 0.717) is 5.16 Å². The Balaban J connectivity index is 2.21. The van der Waals surface area contributed by atoms with Crippen LogP contribution in [0.25, 0.3) is 0 Å². The lowest BCUT2D eigenvalue weighted by atomic mass is 10.1. The summed E-state index contributed by atoms with van der Waals surface area (Å²) in [6, 6.07) is 0.229. The van der Waals surface area contributed by atoms with Gasteiger partial charge in [0.25, 0.3) is 0 Å². The topological polar surface area (TPSA) is 106 Å². The summed E-state index contributed by atoms with van der Waals surface area (Å²) in [6.45, 7) is 3.86. The number of rotatable bonds is 5. The van der Waals surface area contributed by atoms with Crippen LogP contribution in [0, 0.1) is 5.92 Å². The van der Waals surface area contributed by atoms with Gasteiger partial charge in [-0.2, -0.15) is 0 Å². The number of nitrogens with two attached hydrogens (primary N) is 1. The van der Waals surface area contributed by atoms with E-state index >= 15 is 0 Å². The molecule has 1 amide bonds. The number of H-pyrrole nitrogens is 1. The summed E-state index contributed by atoms with van der Waals surface area (Å²) in [7, 11) is 0. The molecule has 1 unspecified atom stereocenters. The average Bonchev–Trinajstić information content (AvgIpc) is 3.10. The van der Waals surface area contributed by atoms with Crippen LogP contribution in [-0.4, -0.2) is 25.9 Å². The number of thioether (sulfide) groups is 1. The number of hydrogen-bond acceptors (Lipinski definition) is 5. The van der Waals surface area contributed by atoms with Crippen molar-refractivity contribution < 1.29 is 4.79 Å². The molecule has 4 N–H and O–H groups in total. The van der Waals surface area contributed by atoms with Crippen LogP contribution in [0.1, 0.15) is 32.7 Å². The lowest BCUT2D eigenvalue weighted by Gasteiger charge is -2.17. The second-order valence-electron chi connectivity index (χ2n) is 4.70. The quantitative estimate of drug-likeness (QED) is 0.303. The van der Waals surface area contributed by atoms with Crippen LogP contribution < -0.4 is 17.0 Å². The molecule has 1 saturated carbocycles. The SMILES string of the molecule is CC(C)C(Sc1n[nH]c(=O)n1C1CC1)C(=O)NN. The number of carbonyl (C=O) groups is 1. The summed E-state index contributed by atoms with van der Waals surface area (Å²) < 4.78 is 1.63. The van der Waals surface area contributed by atoms with Crippen LogP contribution in [0.4, 0.5) is 0 Å². The Hall–Kier alpha value is -1.28. The van der Waals surface area contributed by atoms with Gasteiger partial charge in [-0.1, -0.05) is 25.6 Å². The Kier molecular flexibility index (Phi) is 3.76. The highest BCUT2D eigenvalue weighted by molar-refractivity contribution is 8.00. The van der Waals surface area contributed by atoms with Gasteiger partial charge in [-0.3, -0.25) is 14.8 Å². The van der Waals surface area contributed by atoms with Crippen molar-refractivity contribution in [2.75, 3.05) is 0 Å². The fourth-order valence-electron chi connectivity index (χ4n) is 1.72. The fraction of sp³-hybridized carbons (Fsp3) is 0.700. The van der Waals surface area contributed by atoms with Crippen LogP contribution in [0.2, 0.25) is 0 Å². The lowest BCUT2D eigenvalue weighted by molar-refractivity contribution is -0.121. The Morgan fingerprint density at radius 1 is 1.61 bits per heavy atom. The minimum atomic E-state index is -0.359. The summed E-state index contributed by atoms with van der Waals surface area (Å²) in [4.78, 5) is 23.3. The molecule has 8 heteroatoms. The molecule has 2 rings (SSSR count). The molecule has 0 radical (unpaired) electrons. The maximum absolute atomic E-state index is 11.7. The highest BCUT2D eigenvalue weighted by Gasteiger charge is 2.31. The number of nitrogens with zero attached hydrogens (tertiary/aromatic N) is 2. The van der Waals surface area contributed by atoms with Crippen molar-refractivity contribution in [1.29, 1.82) is 0 Å². The average molecular weight is 271 g/mol. The smallest absolute Gasteiger partial charge is 0.293 e. The van der Waals surface area contributed by atoms with Gasteiger partial charge in [0.15, 0.2) is 5.16 Å². The van der Waals surface area contributed by atoms with Crippen molar-refractivity contribution in [3.63, 3.8) is 0 Å². The van der Waals surface area contributed by atoms with Crippen LogP contribution in [0.15, 0.2) is 9.95 Å². The summed E-state index contributed by atoms with van der Waals surface area (Å²) in [5.74, 6) is 5.01. The third-order valence-corrected chi connectivity index (χ3v) is 4.33. The molecule has 0 aliphatic heterocycles. The molecule has 1 aliphatic rings. The van der Waals surface area contributed by atoms with Gasteiger partial charge in [0.2, 0.25) is 5.91 Å². The number of hydrogen-bond donors (Lipinski definition) is 3. The van der Waals surface area contributed by atoms with Crippen LogP contribution in [0.5, 0.6) is 0 Å². The maximum Gasteiger partial charge on any atom is 0.344 e. The van der Waals surface area contributed by atoms with Crippen LogP contribution >= 0.6 is 11.8 Å². The lowest BCUT2D eigenvalue weighted by Crippen LogP contribution is -2.40. The maximum atomic E-state index is 11.7. The van der Waals surface area contributed by atoms with E-state index in [1.165, 1.54) is 11.8 Å². The molecule has 0 spiro atoms. The zero-order valence-electron chi connectivity index (χ0n) is 10.3. The monoisotopic (exact) mass is 271 g/mol. The van der Waals surface area contributed by atoms with E-state index in [1.54, 1.807) is 4.57 Å². The van der Waals surface area contributed by atoms with Crippen molar-refractivity contribution in [3.05, 3.63) is 10.5 Å². The molecule has 1 heterocycles. The molecule has 1 aliphatic carbocycles. The number of nitrogens with one attached hydrogen (secondary N) is 2. The molecule has 7 nitrogen and oxygen atoms in total. The third-order valence-electron chi connectivity index (χ3n) is 2.82. The first kappa shape index (κ1) is 13.2. The van der Waals surface area contributed by atoms with E-state index in [9.17, 15) is 9.59 Å². The van der Waals surface area contributed by atoms with Crippen molar-refractivity contribution in [3.8, 4) is 0 Å². The molecular weight excluding hydrogens is 254 g/mol. The summed E-state index contributed by atoms with van der Waals surface area (Å²) in [5, 5.41) is 6.62. The molecular formula is C10H17N5O2S. The molecule has 18 heavy (non-hydrogen) atoms. The highest BCUT2D eigenvalue weighted by Crippen LogP contribution is 2.37. The first-order chi connectivity index (χ1) is 8.54. The predicted molar refractivity (Wildman–Crippen MR) is 67.9 cm³/mol. The molecule has 0 bridgehead atoms. The van der Waals surface area contributed by atoms with E-state index in [4.69, 9.17) is 5.84 Å². The van der Waals surface area contributed by atoms with Crippen molar-refractivity contribution >= 4 is 17.7 Å². The fourth-order valence-corrected chi connectivity index (χ4v) is 2.83. The third kappa shape index (κ3) is 2.59. The minimum Gasteiger partial charge on any atom is -0.293 e. The molecule has 0 aromatic carbocycles. The first-order valence-corrected chi connectivity index (χ1v) is 6.76. The zero-order chi connectivity index (χ0) is 13.3. The van der Waals surface area contributed by atoms with E-state index in [-0.39, 0.29) is 28.8 Å². The largest absolute Gasteiger partial charge is 0.344 e. The second kappa shape index (κ2) is 5.15. The van der Waals surface area contributed by atoms with Gasteiger partial charge in [0, 0.05) is 6.04 Å². The van der Waals surface area contributed by atoms with E-state index in [1.807, 2.05) is 13.8 Å². The Labute approximate surface area is 108 Å². The van der Waals surface area contributed by atoms with Gasteiger partial charge in [-0.15, -0.1) is 5.10 Å². The summed E-state index contributed by atoms with van der Waals surface area (Å²) in [5.41, 5.74) is 1.94. The predicted octanol–water partition coefficient (Wildman–Crippen LogP) is 0.0129. The van der Waals surface area contributed by atoms with Gasteiger partial charge in [0.05, 0.1) is 5.25 Å². The second-order valence-corrected chi connectivity index (χ2v) is 5.81. The Morgan fingerprint density at radius 2 is 2.28 bits per heavy atom. The Morgan fingerprint density at radius 3 is 2.78 bits per heavy atom. The van der Waals surface area contributed by atoms with Gasteiger partial charge >= 0.3 is 5.69 Å². The van der Waals surface area contributed by atoms with Gasteiger partial charge in [0.1, 0.15) is 0 Å². The number of aromatic amines is 1. The minimum absolute atomic E-state index is 0.0954. The normalized spacial score (nSPS) is 16.9. The van der Waals surface area contributed by atoms with Gasteiger partial charge in [-0.25, -0.2) is 15.7 Å². The standard InChI is InChI=1S/C10H17N5O2S/c1-5(2)7(8(16)12-11)18-10-14-13-9(17)15(10)6-3-4-6/h5-7H,3-4,11H2,1-2H3,(H,12,16)(H,13,17). The van der Waals surface area contributed by atoms with E-state index in [0.717, 1.165) is 12.8 Å². The highest BCUT2D eigenvalue weighted by atomic mass is 32.2. The molecule has 1 aromatic rings. The Bertz CT molecular complexity index is 491. The number of amides is 1. The summed E-state index contributed by atoms with van der Waals surface area (Å²) in [6.07, 6.45) is 1.98. The van der Waals surface area contributed by atoms with Crippen LogP contribution in [0.3, 0.4) is 0 Å². The van der Waals surface area contributed by atoms with Crippen molar-refractivity contribution in [1.82, 2.24) is 20.2 Å². The van der Waals surface area contributed by atoms with E-state index in [2.05, 4.69) is 15.6 Å². The number of hydrazine groups is 1. The zero-order valence-corrected chi connectivity index (χ0v) is 11.2. The van der Waals surface area contributed by atoms with E-state index < -0.39 is 0 Å². The molecule has 1 aromatic heterocycles.